The van der Waals surface area contributed by atoms with E-state index in [9.17, 15) is 9.18 Å². The van der Waals surface area contributed by atoms with Gasteiger partial charge < -0.3 is 15.4 Å². The molecule has 0 saturated carbocycles. The number of hydrogen-bond donors (Lipinski definition) is 1. The zero-order valence-corrected chi connectivity index (χ0v) is 15.5. The lowest BCUT2D eigenvalue weighted by Crippen LogP contribution is -2.46. The van der Waals surface area contributed by atoms with Crippen molar-refractivity contribution in [1.82, 2.24) is 4.90 Å². The van der Waals surface area contributed by atoms with E-state index < -0.39 is 0 Å². The van der Waals surface area contributed by atoms with E-state index in [0.717, 1.165) is 11.1 Å². The molecule has 2 N–H and O–H groups in total. The smallest absolute Gasteiger partial charge is 0.227 e. The van der Waals surface area contributed by atoms with Gasteiger partial charge in [-0.05, 0) is 23.3 Å². The molecule has 1 saturated heterocycles. The maximum absolute atomic E-state index is 13.4. The summed E-state index contributed by atoms with van der Waals surface area (Å²) in [5.74, 6) is -0.640. The first-order valence-corrected chi connectivity index (χ1v) is 8.52. The predicted octanol–water partition coefficient (Wildman–Crippen LogP) is 3.48. The second kappa shape index (κ2) is 9.12. The van der Waals surface area contributed by atoms with Crippen LogP contribution < -0.4 is 5.73 Å². The quantitative estimate of drug-likeness (QED) is 0.886. The Bertz CT molecular complexity index is 729. The van der Waals surface area contributed by atoms with Crippen LogP contribution >= 0.6 is 12.4 Å². The predicted molar refractivity (Wildman–Crippen MR) is 101 cm³/mol. The molecule has 0 bridgehead atoms. The summed E-state index contributed by atoms with van der Waals surface area (Å²) in [6.07, 6.45) is -0.312. The van der Waals surface area contributed by atoms with Crippen LogP contribution in [0.3, 0.4) is 0 Å². The molecule has 0 spiro atoms. The van der Waals surface area contributed by atoms with Gasteiger partial charge in [0.2, 0.25) is 5.91 Å². The molecule has 1 heterocycles. The van der Waals surface area contributed by atoms with E-state index in [1.807, 2.05) is 43.3 Å². The van der Waals surface area contributed by atoms with Gasteiger partial charge in [0.1, 0.15) is 11.9 Å². The highest BCUT2D eigenvalue weighted by atomic mass is 35.5. The van der Waals surface area contributed by atoms with Crippen molar-refractivity contribution in [3.05, 3.63) is 71.5 Å². The van der Waals surface area contributed by atoms with Crippen molar-refractivity contribution in [2.45, 2.75) is 19.1 Å². The van der Waals surface area contributed by atoms with Crippen LogP contribution in [0.1, 0.15) is 30.2 Å². The van der Waals surface area contributed by atoms with Crippen molar-refractivity contribution < 1.29 is 13.9 Å². The van der Waals surface area contributed by atoms with Crippen LogP contribution in [-0.4, -0.2) is 30.5 Å². The monoisotopic (exact) mass is 378 g/mol. The third-order valence-corrected chi connectivity index (χ3v) is 4.71. The Morgan fingerprint density at radius 3 is 2.65 bits per heavy atom. The molecule has 3 unspecified atom stereocenters. The van der Waals surface area contributed by atoms with Crippen molar-refractivity contribution in [3.63, 3.8) is 0 Å². The summed E-state index contributed by atoms with van der Waals surface area (Å²) in [4.78, 5) is 14.6. The topological polar surface area (TPSA) is 55.6 Å². The molecule has 0 aliphatic carbocycles. The van der Waals surface area contributed by atoms with Crippen LogP contribution in [0.25, 0.3) is 0 Å². The van der Waals surface area contributed by atoms with Gasteiger partial charge in [0.15, 0.2) is 0 Å². The van der Waals surface area contributed by atoms with E-state index in [-0.39, 0.29) is 42.2 Å². The van der Waals surface area contributed by atoms with E-state index >= 15 is 0 Å². The number of nitrogens with zero attached hydrogens (tertiary/aromatic N) is 1. The molecule has 1 aliphatic heterocycles. The Morgan fingerprint density at radius 2 is 1.96 bits per heavy atom. The van der Waals surface area contributed by atoms with Gasteiger partial charge in [0, 0.05) is 12.6 Å². The molecule has 3 atom stereocenters. The van der Waals surface area contributed by atoms with Crippen molar-refractivity contribution in [2.75, 3.05) is 19.7 Å². The Hall–Kier alpha value is -1.95. The molecule has 0 radical (unpaired) electrons. The Morgan fingerprint density at radius 1 is 1.23 bits per heavy atom. The molecule has 2 aromatic rings. The first kappa shape index (κ1) is 20.4. The first-order chi connectivity index (χ1) is 12.1. The minimum atomic E-state index is -0.357. The van der Waals surface area contributed by atoms with Gasteiger partial charge in [-0.3, -0.25) is 4.79 Å². The lowest BCUT2D eigenvalue weighted by atomic mass is 9.93. The molecule has 4 nitrogen and oxygen atoms in total. The number of ether oxygens (including phenoxy) is 1. The number of carbonyl (C=O) groups is 1. The number of nitrogens with two attached hydrogens (primary N) is 1. The molecule has 2 aromatic carbocycles. The molecular weight excluding hydrogens is 355 g/mol. The van der Waals surface area contributed by atoms with E-state index in [1.165, 1.54) is 12.1 Å². The van der Waals surface area contributed by atoms with Gasteiger partial charge in [0.25, 0.3) is 0 Å². The van der Waals surface area contributed by atoms with E-state index in [2.05, 4.69) is 0 Å². The van der Waals surface area contributed by atoms with Crippen LogP contribution in [0.4, 0.5) is 4.39 Å². The van der Waals surface area contributed by atoms with Gasteiger partial charge in [-0.2, -0.15) is 0 Å². The van der Waals surface area contributed by atoms with Crippen LogP contribution in [0.2, 0.25) is 0 Å². The maximum atomic E-state index is 13.4. The Kier molecular flexibility index (Phi) is 7.14. The molecule has 1 aliphatic rings. The molecule has 0 aromatic heterocycles. The number of benzene rings is 2. The molecule has 6 heteroatoms. The molecule has 1 fully saturated rings. The SMILES string of the molecule is CC(C(=O)N1CCOC(c2cccc(F)c2)C1)C(N)c1ccccc1.Cl. The first-order valence-electron chi connectivity index (χ1n) is 8.52. The van der Waals surface area contributed by atoms with Crippen LogP contribution in [-0.2, 0) is 9.53 Å². The molecular formula is C20H24ClFN2O2. The van der Waals surface area contributed by atoms with Crippen molar-refractivity contribution in [3.8, 4) is 0 Å². The van der Waals surface area contributed by atoms with E-state index in [1.54, 1.807) is 11.0 Å². The second-order valence-electron chi connectivity index (χ2n) is 6.42. The number of hydrogen-bond acceptors (Lipinski definition) is 3. The standard InChI is InChI=1S/C20H23FN2O2.ClH/c1-14(19(22)15-6-3-2-4-7-15)20(24)23-10-11-25-18(13-23)16-8-5-9-17(21)12-16;/h2-9,12,14,18-19H,10-11,13,22H2,1H3;1H. The Balaban J connectivity index is 0.00000243. The summed E-state index contributed by atoms with van der Waals surface area (Å²) in [5.41, 5.74) is 7.97. The lowest BCUT2D eigenvalue weighted by Gasteiger charge is -2.35. The fourth-order valence-electron chi connectivity index (χ4n) is 3.16. The third kappa shape index (κ3) is 4.61. The van der Waals surface area contributed by atoms with E-state index in [4.69, 9.17) is 10.5 Å². The van der Waals surface area contributed by atoms with Gasteiger partial charge in [0.05, 0.1) is 19.1 Å². The molecule has 1 amide bonds. The van der Waals surface area contributed by atoms with Gasteiger partial charge in [-0.25, -0.2) is 4.39 Å². The highest BCUT2D eigenvalue weighted by Crippen LogP contribution is 2.26. The van der Waals surface area contributed by atoms with Gasteiger partial charge in [-0.1, -0.05) is 49.4 Å². The zero-order valence-electron chi connectivity index (χ0n) is 14.7. The molecule has 140 valence electrons. The third-order valence-electron chi connectivity index (χ3n) is 4.71. The molecule has 3 rings (SSSR count). The summed E-state index contributed by atoms with van der Waals surface area (Å²) < 4.78 is 19.2. The summed E-state index contributed by atoms with van der Waals surface area (Å²) in [5, 5.41) is 0. The minimum Gasteiger partial charge on any atom is -0.370 e. The molecule has 26 heavy (non-hydrogen) atoms. The van der Waals surface area contributed by atoms with Crippen molar-refractivity contribution >= 4 is 18.3 Å². The van der Waals surface area contributed by atoms with Crippen LogP contribution in [0, 0.1) is 11.7 Å². The lowest BCUT2D eigenvalue weighted by molar-refractivity contribution is -0.143. The second-order valence-corrected chi connectivity index (χ2v) is 6.42. The van der Waals surface area contributed by atoms with Gasteiger partial charge in [-0.15, -0.1) is 12.4 Å². The number of rotatable bonds is 4. The van der Waals surface area contributed by atoms with E-state index in [0.29, 0.717) is 19.7 Å². The summed E-state index contributed by atoms with van der Waals surface area (Å²) in [6, 6.07) is 15.6. The summed E-state index contributed by atoms with van der Waals surface area (Å²) >= 11 is 0. The number of halogens is 2. The van der Waals surface area contributed by atoms with Crippen molar-refractivity contribution in [2.24, 2.45) is 11.7 Å². The van der Waals surface area contributed by atoms with Crippen molar-refractivity contribution in [1.29, 1.82) is 0 Å². The Labute approximate surface area is 159 Å². The van der Waals surface area contributed by atoms with Gasteiger partial charge >= 0.3 is 0 Å². The largest absolute Gasteiger partial charge is 0.370 e. The van der Waals surface area contributed by atoms with Crippen LogP contribution in [0.15, 0.2) is 54.6 Å². The summed E-state index contributed by atoms with van der Waals surface area (Å²) in [7, 11) is 0. The average Bonchev–Trinajstić information content (AvgIpc) is 2.67. The fourth-order valence-corrected chi connectivity index (χ4v) is 3.16. The highest BCUT2D eigenvalue weighted by Gasteiger charge is 2.31. The number of morpholine rings is 1. The normalized spacial score (nSPS) is 19.3. The summed E-state index contributed by atoms with van der Waals surface area (Å²) in [6.45, 7) is 3.22. The zero-order chi connectivity index (χ0) is 17.8. The number of amides is 1. The van der Waals surface area contributed by atoms with Crippen LogP contribution in [0.5, 0.6) is 0 Å². The fraction of sp³-hybridized carbons (Fsp3) is 0.350. The maximum Gasteiger partial charge on any atom is 0.227 e. The average molecular weight is 379 g/mol. The number of carbonyl (C=O) groups excluding carboxylic acids is 1. The highest BCUT2D eigenvalue weighted by molar-refractivity contribution is 5.85. The minimum absolute atomic E-state index is 0.